The van der Waals surface area contributed by atoms with Gasteiger partial charge in [-0.2, -0.15) is 0 Å². The van der Waals surface area contributed by atoms with Gasteiger partial charge in [-0.15, -0.1) is 0 Å². The van der Waals surface area contributed by atoms with E-state index in [9.17, 15) is 4.79 Å². The first kappa shape index (κ1) is 30.3. The van der Waals surface area contributed by atoms with Crippen LogP contribution < -0.4 is 19.5 Å². The van der Waals surface area contributed by atoms with Gasteiger partial charge in [-0.3, -0.25) is 4.79 Å². The van der Waals surface area contributed by atoms with Crippen LogP contribution in [0.5, 0.6) is 17.2 Å². The Labute approximate surface area is 247 Å². The summed E-state index contributed by atoms with van der Waals surface area (Å²) in [6, 6.07) is 17.8. The quantitative estimate of drug-likeness (QED) is 0.156. The number of fused-ring (bicyclic) bond motifs is 1. The van der Waals surface area contributed by atoms with Gasteiger partial charge in [0.05, 0.1) is 38.3 Å². The molecule has 4 aromatic rings. The van der Waals surface area contributed by atoms with Crippen molar-refractivity contribution < 1.29 is 19.0 Å². The van der Waals surface area contributed by atoms with E-state index in [1.807, 2.05) is 50.2 Å². The Morgan fingerprint density at radius 1 is 0.927 bits per heavy atom. The maximum atomic E-state index is 12.4. The highest BCUT2D eigenvalue weighted by Gasteiger charge is 2.11. The summed E-state index contributed by atoms with van der Waals surface area (Å²) in [7, 11) is 3.19. The van der Waals surface area contributed by atoms with Crippen LogP contribution in [-0.2, 0) is 24.2 Å². The molecule has 218 valence electrons. The molecule has 0 saturated heterocycles. The van der Waals surface area contributed by atoms with Gasteiger partial charge >= 0.3 is 0 Å². The fraction of sp³-hybridized carbons (Fsp3) is 0.394. The van der Waals surface area contributed by atoms with Gasteiger partial charge in [0.15, 0.2) is 11.5 Å². The average molecular weight is 578 g/mol. The first-order valence-electron chi connectivity index (χ1n) is 14.2. The van der Waals surface area contributed by atoms with Crippen molar-refractivity contribution in [3.63, 3.8) is 0 Å². The van der Waals surface area contributed by atoms with Gasteiger partial charge in [0, 0.05) is 24.5 Å². The number of nitrogens with zero attached hydrogens (tertiary/aromatic N) is 2. The number of nitrogens with one attached hydrogen (secondary N) is 1. The Morgan fingerprint density at radius 3 is 2.44 bits per heavy atom. The summed E-state index contributed by atoms with van der Waals surface area (Å²) in [4.78, 5) is 17.3. The number of benzene rings is 3. The van der Waals surface area contributed by atoms with Gasteiger partial charge in [0.1, 0.15) is 11.6 Å². The highest BCUT2D eigenvalue weighted by Crippen LogP contribution is 2.28. The molecule has 7 nitrogen and oxygen atoms in total. The summed E-state index contributed by atoms with van der Waals surface area (Å²) in [5.41, 5.74) is 5.13. The monoisotopic (exact) mass is 577 g/mol. The average Bonchev–Trinajstić information content (AvgIpc) is 3.32. The van der Waals surface area contributed by atoms with Gasteiger partial charge in [-0.25, -0.2) is 4.98 Å². The molecule has 0 aliphatic heterocycles. The molecule has 0 aliphatic carbocycles. The molecule has 0 saturated carbocycles. The lowest BCUT2D eigenvalue weighted by molar-refractivity contribution is -0.120. The first-order valence-corrected chi connectivity index (χ1v) is 14.6. The SMILES string of the molecule is COc1ccc(CC(=O)NCCCCCc2nc3ccccc3n2CCCOc2cc(C)c(Cl)c(C)c2)cc1OC. The largest absolute Gasteiger partial charge is 0.494 e. The van der Waals surface area contributed by atoms with Crippen LogP contribution in [0.25, 0.3) is 11.0 Å². The minimum atomic E-state index is 0.00477. The maximum absolute atomic E-state index is 12.4. The fourth-order valence-corrected chi connectivity index (χ4v) is 5.13. The number of halogens is 1. The third-order valence-electron chi connectivity index (χ3n) is 7.15. The van der Waals surface area contributed by atoms with Gasteiger partial charge < -0.3 is 24.1 Å². The molecule has 0 spiro atoms. The van der Waals surface area contributed by atoms with Crippen LogP contribution in [0, 0.1) is 13.8 Å². The molecule has 0 bridgehead atoms. The van der Waals surface area contributed by atoms with E-state index in [1.54, 1.807) is 14.2 Å². The molecule has 3 aromatic carbocycles. The number of imidazole rings is 1. The zero-order chi connectivity index (χ0) is 29.2. The number of carbonyl (C=O) groups is 1. The van der Waals surface area contributed by atoms with Gasteiger partial charge in [-0.1, -0.05) is 36.2 Å². The van der Waals surface area contributed by atoms with Crippen molar-refractivity contribution in [2.45, 2.75) is 58.9 Å². The predicted molar refractivity (Wildman–Crippen MR) is 165 cm³/mol. The maximum Gasteiger partial charge on any atom is 0.224 e. The number of unbranched alkanes of at least 4 members (excludes halogenated alkanes) is 2. The van der Waals surface area contributed by atoms with Crippen molar-refractivity contribution in [1.82, 2.24) is 14.9 Å². The number of methoxy groups -OCH3 is 2. The molecule has 8 heteroatoms. The highest BCUT2D eigenvalue weighted by atomic mass is 35.5. The lowest BCUT2D eigenvalue weighted by Gasteiger charge is -2.12. The lowest BCUT2D eigenvalue weighted by Crippen LogP contribution is -2.26. The zero-order valence-electron chi connectivity index (χ0n) is 24.5. The Bertz CT molecular complexity index is 1440. The molecule has 41 heavy (non-hydrogen) atoms. The van der Waals surface area contributed by atoms with Gasteiger partial charge in [0.25, 0.3) is 0 Å². The van der Waals surface area contributed by atoms with E-state index in [0.29, 0.717) is 31.1 Å². The fourth-order valence-electron chi connectivity index (χ4n) is 5.02. The Hall–Kier alpha value is -3.71. The topological polar surface area (TPSA) is 74.6 Å². The normalized spacial score (nSPS) is 11.0. The minimum Gasteiger partial charge on any atom is -0.494 e. The molecule has 4 rings (SSSR count). The lowest BCUT2D eigenvalue weighted by atomic mass is 10.1. The van der Waals surface area contributed by atoms with Crippen molar-refractivity contribution >= 4 is 28.5 Å². The second-order valence-corrected chi connectivity index (χ2v) is 10.6. The zero-order valence-corrected chi connectivity index (χ0v) is 25.2. The molecule has 1 heterocycles. The van der Waals surface area contributed by atoms with E-state index in [4.69, 9.17) is 30.8 Å². The number of hydrogen-bond donors (Lipinski definition) is 1. The molecular weight excluding hydrogens is 538 g/mol. The van der Waals surface area contributed by atoms with Crippen LogP contribution in [-0.4, -0.2) is 42.8 Å². The number of hydrogen-bond acceptors (Lipinski definition) is 5. The smallest absolute Gasteiger partial charge is 0.224 e. The van der Waals surface area contributed by atoms with Crippen molar-refractivity contribution in [2.24, 2.45) is 0 Å². The van der Waals surface area contributed by atoms with Crippen LogP contribution in [0.4, 0.5) is 0 Å². The second kappa shape index (κ2) is 14.8. The van der Waals surface area contributed by atoms with Crippen molar-refractivity contribution in [3.05, 3.63) is 82.1 Å². The number of aryl methyl sites for hydroxylation is 4. The standard InChI is InChI=1S/C33H40ClN3O4/c1-23-19-26(20-24(2)33(23)34)41-18-10-17-37-28-12-8-7-11-27(28)36-31(37)13-6-5-9-16-35-32(38)22-25-14-15-29(39-3)30(21-25)40-4/h7-8,11-12,14-15,19-21H,5-6,9-10,13,16-18,22H2,1-4H3,(H,35,38). The molecular formula is C33H40ClN3O4. The summed E-state index contributed by atoms with van der Waals surface area (Å²) in [6.45, 7) is 6.12. The summed E-state index contributed by atoms with van der Waals surface area (Å²) in [5, 5.41) is 3.83. The van der Waals surface area contributed by atoms with Crippen molar-refractivity contribution in [2.75, 3.05) is 27.4 Å². The molecule has 0 atom stereocenters. The number of carbonyl (C=O) groups excluding carboxylic acids is 1. The van der Waals surface area contributed by atoms with E-state index >= 15 is 0 Å². The number of ether oxygens (including phenoxy) is 3. The minimum absolute atomic E-state index is 0.00477. The van der Waals surface area contributed by atoms with E-state index < -0.39 is 0 Å². The number of amides is 1. The Kier molecular flexibility index (Phi) is 10.9. The van der Waals surface area contributed by atoms with Crippen LogP contribution in [0.1, 0.15) is 48.2 Å². The molecule has 1 N–H and O–H groups in total. The molecule has 0 unspecified atom stereocenters. The van der Waals surface area contributed by atoms with Crippen molar-refractivity contribution in [3.8, 4) is 17.2 Å². The summed E-state index contributed by atoms with van der Waals surface area (Å²) >= 11 is 6.29. The summed E-state index contributed by atoms with van der Waals surface area (Å²) in [6.07, 6.45) is 5.02. The number of para-hydroxylation sites is 2. The Morgan fingerprint density at radius 2 is 1.68 bits per heavy atom. The Balaban J connectivity index is 1.22. The van der Waals surface area contributed by atoms with E-state index in [1.165, 1.54) is 0 Å². The first-order chi connectivity index (χ1) is 19.9. The predicted octanol–water partition coefficient (Wildman–Crippen LogP) is 6.86. The molecule has 1 aromatic heterocycles. The summed E-state index contributed by atoms with van der Waals surface area (Å²) < 4.78 is 19.0. The van der Waals surface area contributed by atoms with Crippen LogP contribution in [0.3, 0.4) is 0 Å². The van der Waals surface area contributed by atoms with Crippen LogP contribution >= 0.6 is 11.6 Å². The van der Waals surface area contributed by atoms with Gasteiger partial charge in [-0.05, 0) is 86.2 Å². The molecule has 0 aliphatic rings. The summed E-state index contributed by atoms with van der Waals surface area (Å²) in [5.74, 6) is 3.24. The molecule has 0 radical (unpaired) electrons. The number of rotatable bonds is 15. The third-order valence-corrected chi connectivity index (χ3v) is 7.75. The number of aromatic nitrogens is 2. The van der Waals surface area contributed by atoms with E-state index in [0.717, 1.165) is 83.0 Å². The van der Waals surface area contributed by atoms with E-state index in [-0.39, 0.29) is 5.91 Å². The van der Waals surface area contributed by atoms with Crippen molar-refractivity contribution in [1.29, 1.82) is 0 Å². The molecule has 1 amide bonds. The highest BCUT2D eigenvalue weighted by molar-refractivity contribution is 6.32. The van der Waals surface area contributed by atoms with Crippen LogP contribution in [0.15, 0.2) is 54.6 Å². The van der Waals surface area contributed by atoms with E-state index in [2.05, 4.69) is 28.1 Å². The second-order valence-electron chi connectivity index (χ2n) is 10.3. The van der Waals surface area contributed by atoms with Gasteiger partial charge in [0.2, 0.25) is 5.91 Å². The molecule has 0 fully saturated rings. The third kappa shape index (κ3) is 8.17. The van der Waals surface area contributed by atoms with Crippen LogP contribution in [0.2, 0.25) is 5.02 Å².